The first-order valence-electron chi connectivity index (χ1n) is 11.4. The summed E-state index contributed by atoms with van der Waals surface area (Å²) in [6.07, 6.45) is 1.81. The van der Waals surface area contributed by atoms with Gasteiger partial charge in [-0.3, -0.25) is 14.5 Å². The first-order chi connectivity index (χ1) is 15.5. The average molecular weight is 430 g/mol. The molecule has 3 heterocycles. The minimum absolute atomic E-state index is 0.0736. The Kier molecular flexibility index (Phi) is 5.08. The summed E-state index contributed by atoms with van der Waals surface area (Å²) in [6.45, 7) is 5.40. The highest BCUT2D eigenvalue weighted by Gasteiger charge is 2.47. The van der Waals surface area contributed by atoms with Gasteiger partial charge in [-0.25, -0.2) is 4.79 Å². The minimum atomic E-state index is -0.403. The van der Waals surface area contributed by atoms with Crippen LogP contribution in [0.25, 0.3) is 10.9 Å². The lowest BCUT2D eigenvalue weighted by Gasteiger charge is -2.28. The summed E-state index contributed by atoms with van der Waals surface area (Å²) in [5, 5.41) is 1.15. The van der Waals surface area contributed by atoms with Crippen LogP contribution in [0.4, 0.5) is 4.79 Å². The van der Waals surface area contributed by atoms with Crippen molar-refractivity contribution in [1.29, 1.82) is 0 Å². The van der Waals surface area contributed by atoms with Gasteiger partial charge in [0, 0.05) is 48.1 Å². The van der Waals surface area contributed by atoms with Crippen molar-refractivity contribution >= 4 is 28.6 Å². The molecule has 6 heteroatoms. The van der Waals surface area contributed by atoms with Crippen molar-refractivity contribution in [2.45, 2.75) is 52.2 Å². The third-order valence-electron chi connectivity index (χ3n) is 6.70. The van der Waals surface area contributed by atoms with Crippen molar-refractivity contribution in [3.05, 3.63) is 70.9 Å². The van der Waals surface area contributed by atoms with E-state index in [9.17, 15) is 14.4 Å². The van der Waals surface area contributed by atoms with Gasteiger partial charge in [-0.15, -0.1) is 0 Å². The lowest BCUT2D eigenvalue weighted by atomic mass is 9.97. The Balaban J connectivity index is 1.53. The molecule has 0 bridgehead atoms. The van der Waals surface area contributed by atoms with E-state index >= 15 is 0 Å². The molecule has 0 saturated carbocycles. The second-order valence-electron chi connectivity index (χ2n) is 8.62. The Labute approximate surface area is 187 Å². The van der Waals surface area contributed by atoms with Crippen LogP contribution in [-0.4, -0.2) is 44.7 Å². The minimum Gasteiger partial charge on any atom is -0.338 e. The molecule has 0 radical (unpaired) electrons. The number of imide groups is 1. The zero-order valence-corrected chi connectivity index (χ0v) is 18.5. The van der Waals surface area contributed by atoms with Crippen molar-refractivity contribution in [1.82, 2.24) is 14.4 Å². The molecule has 6 nitrogen and oxygen atoms in total. The number of benzene rings is 2. The summed E-state index contributed by atoms with van der Waals surface area (Å²) in [4.78, 5) is 41.0. The van der Waals surface area contributed by atoms with Gasteiger partial charge in [-0.1, -0.05) is 56.3 Å². The normalized spacial score (nSPS) is 17.8. The summed E-state index contributed by atoms with van der Waals surface area (Å²) < 4.78 is 2.26. The van der Waals surface area contributed by atoms with Crippen molar-refractivity contribution in [2.75, 3.05) is 6.54 Å². The number of hydrogen-bond donors (Lipinski definition) is 0. The summed E-state index contributed by atoms with van der Waals surface area (Å²) >= 11 is 0. The molecule has 1 unspecified atom stereocenters. The maximum Gasteiger partial charge on any atom is 0.327 e. The van der Waals surface area contributed by atoms with E-state index in [1.165, 1.54) is 10.5 Å². The van der Waals surface area contributed by atoms with Crippen LogP contribution in [0, 0.1) is 0 Å². The molecule has 2 aromatic carbocycles. The highest BCUT2D eigenvalue weighted by atomic mass is 16.2. The molecule has 3 aromatic rings. The highest BCUT2D eigenvalue weighted by molar-refractivity contribution is 6.05. The van der Waals surface area contributed by atoms with Crippen molar-refractivity contribution < 1.29 is 14.4 Å². The zero-order valence-electron chi connectivity index (χ0n) is 18.5. The molecule has 1 atom stereocenters. The van der Waals surface area contributed by atoms with Gasteiger partial charge in [-0.05, 0) is 23.6 Å². The third-order valence-corrected chi connectivity index (χ3v) is 6.70. The van der Waals surface area contributed by atoms with Crippen LogP contribution in [0.5, 0.6) is 0 Å². The molecular formula is C26H27N3O3. The van der Waals surface area contributed by atoms with Gasteiger partial charge in [0.2, 0.25) is 0 Å². The molecule has 0 aliphatic carbocycles. The Morgan fingerprint density at radius 3 is 2.50 bits per heavy atom. The van der Waals surface area contributed by atoms with Crippen LogP contribution in [0.1, 0.15) is 53.9 Å². The van der Waals surface area contributed by atoms with Crippen LogP contribution in [0.2, 0.25) is 0 Å². The molecule has 2 aliphatic rings. The quantitative estimate of drug-likeness (QED) is 0.432. The number of ketones is 1. The van der Waals surface area contributed by atoms with E-state index in [0.29, 0.717) is 32.5 Å². The summed E-state index contributed by atoms with van der Waals surface area (Å²) in [5.41, 5.74) is 5.20. The molecule has 1 fully saturated rings. The Morgan fingerprint density at radius 2 is 1.78 bits per heavy atom. The van der Waals surface area contributed by atoms with Gasteiger partial charge in [0.15, 0.2) is 5.78 Å². The Bertz CT molecular complexity index is 1230. The second-order valence-corrected chi connectivity index (χ2v) is 8.62. The van der Waals surface area contributed by atoms with Crippen molar-refractivity contribution in [3.8, 4) is 0 Å². The molecule has 32 heavy (non-hydrogen) atoms. The lowest BCUT2D eigenvalue weighted by molar-refractivity contribution is -0.128. The Morgan fingerprint density at radius 1 is 1.03 bits per heavy atom. The molecule has 164 valence electrons. The number of fused-ring (bicyclic) bond motifs is 4. The molecular weight excluding hydrogens is 402 g/mol. The standard InChI is InChI=1S/C26H27N3O3/c1-3-13-27-25(31)22-14-20-19-7-5-6-8-21(19)28(23(20)16-29(22)26(27)32)15-17-9-11-18(12-10-17)24(30)4-2/h5-12,22H,3-4,13-16H2,1-2H3. The van der Waals surface area contributed by atoms with E-state index in [1.807, 2.05) is 50.2 Å². The lowest BCUT2D eigenvalue weighted by Crippen LogP contribution is -2.40. The van der Waals surface area contributed by atoms with Gasteiger partial charge in [0.25, 0.3) is 5.91 Å². The van der Waals surface area contributed by atoms with Gasteiger partial charge in [-0.2, -0.15) is 0 Å². The third kappa shape index (κ3) is 3.13. The number of urea groups is 1. The fraction of sp³-hybridized carbons (Fsp3) is 0.346. The van der Waals surface area contributed by atoms with E-state index in [-0.39, 0.29) is 17.7 Å². The second kappa shape index (κ2) is 7.93. The van der Waals surface area contributed by atoms with Crippen molar-refractivity contribution in [3.63, 3.8) is 0 Å². The van der Waals surface area contributed by atoms with E-state index in [4.69, 9.17) is 0 Å². The zero-order chi connectivity index (χ0) is 22.4. The fourth-order valence-electron chi connectivity index (χ4n) is 5.06. The van der Waals surface area contributed by atoms with Crippen LogP contribution in [-0.2, 0) is 24.3 Å². The smallest absolute Gasteiger partial charge is 0.327 e. The first-order valence-corrected chi connectivity index (χ1v) is 11.4. The van der Waals surface area contributed by atoms with E-state index in [1.54, 1.807) is 4.90 Å². The molecule has 1 aromatic heterocycles. The summed E-state index contributed by atoms with van der Waals surface area (Å²) in [5.74, 6) is 0.0655. The van der Waals surface area contributed by atoms with Gasteiger partial charge in [0.05, 0.1) is 6.54 Å². The topological polar surface area (TPSA) is 62.6 Å². The molecule has 5 rings (SSSR count). The molecule has 3 amide bonds. The number of amides is 3. The van der Waals surface area contributed by atoms with Gasteiger partial charge in [0.1, 0.15) is 6.04 Å². The number of aromatic nitrogens is 1. The van der Waals surface area contributed by atoms with E-state index in [2.05, 4.69) is 16.7 Å². The van der Waals surface area contributed by atoms with E-state index in [0.717, 1.165) is 34.1 Å². The number of hydrogen-bond acceptors (Lipinski definition) is 3. The largest absolute Gasteiger partial charge is 0.338 e. The highest BCUT2D eigenvalue weighted by Crippen LogP contribution is 2.36. The Hall–Kier alpha value is -3.41. The summed E-state index contributed by atoms with van der Waals surface area (Å²) in [6, 6.07) is 15.5. The van der Waals surface area contributed by atoms with Crippen LogP contribution < -0.4 is 0 Å². The van der Waals surface area contributed by atoms with E-state index < -0.39 is 6.04 Å². The number of Topliss-reactive ketones (excluding diaryl/α,β-unsaturated/α-hetero) is 1. The van der Waals surface area contributed by atoms with Gasteiger partial charge < -0.3 is 9.47 Å². The number of para-hydroxylation sites is 1. The molecule has 0 spiro atoms. The molecule has 0 N–H and O–H groups in total. The predicted molar refractivity (Wildman–Crippen MR) is 123 cm³/mol. The number of rotatable bonds is 6. The summed E-state index contributed by atoms with van der Waals surface area (Å²) in [7, 11) is 0. The first kappa shape index (κ1) is 20.5. The number of carbonyl (C=O) groups is 3. The van der Waals surface area contributed by atoms with Gasteiger partial charge >= 0.3 is 6.03 Å². The average Bonchev–Trinajstić information content (AvgIpc) is 3.25. The monoisotopic (exact) mass is 429 g/mol. The fourth-order valence-corrected chi connectivity index (χ4v) is 5.06. The van der Waals surface area contributed by atoms with Crippen LogP contribution in [0.15, 0.2) is 48.5 Å². The maximum absolute atomic E-state index is 13.0. The number of carbonyl (C=O) groups excluding carboxylic acids is 3. The van der Waals surface area contributed by atoms with Crippen molar-refractivity contribution in [2.24, 2.45) is 0 Å². The number of nitrogens with zero attached hydrogens (tertiary/aromatic N) is 3. The van der Waals surface area contributed by atoms with Crippen LogP contribution in [0.3, 0.4) is 0 Å². The van der Waals surface area contributed by atoms with Crippen LogP contribution >= 0.6 is 0 Å². The predicted octanol–water partition coefficient (Wildman–Crippen LogP) is 4.38. The SMILES string of the molecule is CCCN1C(=O)C2Cc3c(n(Cc4ccc(C(=O)CC)cc4)c4ccccc34)CN2C1=O. The molecule has 2 aliphatic heterocycles. The molecule has 1 saturated heterocycles. The maximum atomic E-state index is 13.0.